The first-order valence-electron chi connectivity index (χ1n) is 9.65. The van der Waals surface area contributed by atoms with Gasteiger partial charge in [0.2, 0.25) is 21.7 Å². The zero-order chi connectivity index (χ0) is 21.5. The van der Waals surface area contributed by atoms with Gasteiger partial charge in [-0.25, -0.2) is 12.8 Å². The van der Waals surface area contributed by atoms with E-state index in [1.807, 2.05) is 25.1 Å². The summed E-state index contributed by atoms with van der Waals surface area (Å²) < 4.78 is 44.4. The first-order chi connectivity index (χ1) is 14.2. The number of anilines is 1. The Labute approximate surface area is 175 Å². The number of aromatic nitrogens is 2. The van der Waals surface area contributed by atoms with Crippen LogP contribution in [-0.2, 0) is 23.0 Å². The molecule has 30 heavy (non-hydrogen) atoms. The lowest BCUT2D eigenvalue weighted by Gasteiger charge is -2.29. The fourth-order valence-electron chi connectivity index (χ4n) is 3.56. The standard InChI is InChI=1S/C21H23FN4O3S/c1-13-7-8-15(11-18(13)22)20-24-21(29-25-20)14(2)23-19-6-4-5-16-12-26(30(3,27)28)10-9-17(16)19/h4-8,11,14,23H,9-10,12H2,1-3H3. The molecule has 0 spiro atoms. The molecular formula is C21H23FN4O3S. The summed E-state index contributed by atoms with van der Waals surface area (Å²) in [5, 5.41) is 7.37. The first-order valence-corrected chi connectivity index (χ1v) is 11.5. The number of halogens is 1. The number of nitrogens with zero attached hydrogens (tertiary/aromatic N) is 3. The monoisotopic (exact) mass is 430 g/mol. The van der Waals surface area contributed by atoms with E-state index in [2.05, 4.69) is 15.5 Å². The van der Waals surface area contributed by atoms with E-state index in [9.17, 15) is 12.8 Å². The van der Waals surface area contributed by atoms with Gasteiger partial charge in [-0.2, -0.15) is 9.29 Å². The van der Waals surface area contributed by atoms with Gasteiger partial charge in [-0.05, 0) is 49.1 Å². The van der Waals surface area contributed by atoms with Crippen LogP contribution in [0.25, 0.3) is 11.4 Å². The molecule has 0 fully saturated rings. The third-order valence-electron chi connectivity index (χ3n) is 5.31. The second kappa shape index (κ2) is 7.81. The summed E-state index contributed by atoms with van der Waals surface area (Å²) in [6.07, 6.45) is 1.85. The molecule has 0 saturated heterocycles. The average Bonchev–Trinajstić information content (AvgIpc) is 3.19. The minimum absolute atomic E-state index is 0.277. The Morgan fingerprint density at radius 1 is 1.27 bits per heavy atom. The van der Waals surface area contributed by atoms with Crippen LogP contribution in [0.5, 0.6) is 0 Å². The Morgan fingerprint density at radius 3 is 2.80 bits per heavy atom. The highest BCUT2D eigenvalue weighted by Gasteiger charge is 2.25. The number of aryl methyl sites for hydroxylation is 1. The number of rotatable bonds is 5. The smallest absolute Gasteiger partial charge is 0.249 e. The molecule has 9 heteroatoms. The molecule has 2 aromatic carbocycles. The SMILES string of the molecule is Cc1ccc(-c2noc(C(C)Nc3cccc4c3CCN(S(C)(=O)=O)C4)n2)cc1F. The van der Waals surface area contributed by atoms with Crippen molar-refractivity contribution in [2.45, 2.75) is 32.9 Å². The average molecular weight is 431 g/mol. The summed E-state index contributed by atoms with van der Waals surface area (Å²) in [4.78, 5) is 4.41. The Morgan fingerprint density at radius 2 is 2.07 bits per heavy atom. The minimum atomic E-state index is -3.22. The molecule has 4 rings (SSSR count). The van der Waals surface area contributed by atoms with E-state index in [4.69, 9.17) is 4.52 Å². The predicted molar refractivity (Wildman–Crippen MR) is 112 cm³/mol. The lowest BCUT2D eigenvalue weighted by atomic mass is 9.98. The Hall–Kier alpha value is -2.78. The molecule has 1 aliphatic heterocycles. The van der Waals surface area contributed by atoms with Crippen molar-refractivity contribution in [3.63, 3.8) is 0 Å². The zero-order valence-corrected chi connectivity index (χ0v) is 17.8. The number of hydrogen-bond acceptors (Lipinski definition) is 6. The van der Waals surface area contributed by atoms with Gasteiger partial charge in [0.05, 0.1) is 6.26 Å². The summed E-state index contributed by atoms with van der Waals surface area (Å²) >= 11 is 0. The third-order valence-corrected chi connectivity index (χ3v) is 6.56. The quantitative estimate of drug-likeness (QED) is 0.664. The van der Waals surface area contributed by atoms with Crippen LogP contribution in [0, 0.1) is 12.7 Å². The van der Waals surface area contributed by atoms with E-state index >= 15 is 0 Å². The molecule has 7 nitrogen and oxygen atoms in total. The van der Waals surface area contributed by atoms with E-state index in [-0.39, 0.29) is 11.9 Å². The van der Waals surface area contributed by atoms with Crippen LogP contribution in [0.3, 0.4) is 0 Å². The molecule has 1 unspecified atom stereocenters. The fraction of sp³-hybridized carbons (Fsp3) is 0.333. The molecule has 0 radical (unpaired) electrons. The highest BCUT2D eigenvalue weighted by molar-refractivity contribution is 7.88. The molecule has 0 saturated carbocycles. The van der Waals surface area contributed by atoms with Gasteiger partial charge < -0.3 is 9.84 Å². The maximum absolute atomic E-state index is 13.8. The molecule has 158 valence electrons. The van der Waals surface area contributed by atoms with Crippen molar-refractivity contribution in [3.8, 4) is 11.4 Å². The van der Waals surface area contributed by atoms with Gasteiger partial charge >= 0.3 is 0 Å². The van der Waals surface area contributed by atoms with Crippen LogP contribution < -0.4 is 5.32 Å². The number of benzene rings is 2. The molecule has 1 N–H and O–H groups in total. The number of nitrogens with one attached hydrogen (secondary N) is 1. The van der Waals surface area contributed by atoms with Crippen molar-refractivity contribution >= 4 is 15.7 Å². The molecular weight excluding hydrogens is 407 g/mol. The van der Waals surface area contributed by atoms with Gasteiger partial charge in [0.15, 0.2) is 0 Å². The van der Waals surface area contributed by atoms with Crippen LogP contribution in [0.4, 0.5) is 10.1 Å². The zero-order valence-electron chi connectivity index (χ0n) is 17.0. The third kappa shape index (κ3) is 4.08. The lowest BCUT2D eigenvalue weighted by Crippen LogP contribution is -2.35. The highest BCUT2D eigenvalue weighted by atomic mass is 32.2. The molecule has 0 amide bonds. The first kappa shape index (κ1) is 20.5. The lowest BCUT2D eigenvalue weighted by molar-refractivity contribution is 0.367. The minimum Gasteiger partial charge on any atom is -0.374 e. The van der Waals surface area contributed by atoms with E-state index in [0.717, 1.165) is 16.8 Å². The van der Waals surface area contributed by atoms with Crippen molar-refractivity contribution in [2.24, 2.45) is 0 Å². The maximum atomic E-state index is 13.8. The topological polar surface area (TPSA) is 88.3 Å². The van der Waals surface area contributed by atoms with Crippen LogP contribution in [-0.4, -0.2) is 35.7 Å². The molecule has 1 aromatic heterocycles. The molecule has 1 atom stereocenters. The van der Waals surface area contributed by atoms with E-state index in [0.29, 0.717) is 42.4 Å². The van der Waals surface area contributed by atoms with E-state index in [1.165, 1.54) is 16.6 Å². The van der Waals surface area contributed by atoms with Crippen molar-refractivity contribution in [2.75, 3.05) is 18.1 Å². The van der Waals surface area contributed by atoms with Crippen molar-refractivity contribution < 1.29 is 17.3 Å². The number of fused-ring (bicyclic) bond motifs is 1. The summed E-state index contributed by atoms with van der Waals surface area (Å²) in [5.41, 5.74) is 4.09. The van der Waals surface area contributed by atoms with Gasteiger partial charge in [0.25, 0.3) is 0 Å². The molecule has 2 heterocycles. The van der Waals surface area contributed by atoms with Crippen molar-refractivity contribution in [1.29, 1.82) is 0 Å². The summed E-state index contributed by atoms with van der Waals surface area (Å²) in [5.74, 6) is 0.401. The predicted octanol–water partition coefficient (Wildman–Crippen LogP) is 3.67. The molecule has 0 bridgehead atoms. The van der Waals surface area contributed by atoms with Gasteiger partial charge in [-0.1, -0.05) is 29.4 Å². The Kier molecular flexibility index (Phi) is 5.33. The normalized spacial score (nSPS) is 15.6. The van der Waals surface area contributed by atoms with Gasteiger partial charge in [-0.3, -0.25) is 0 Å². The van der Waals surface area contributed by atoms with Gasteiger partial charge in [0, 0.05) is 24.3 Å². The molecule has 0 aliphatic carbocycles. The largest absolute Gasteiger partial charge is 0.374 e. The number of sulfonamides is 1. The van der Waals surface area contributed by atoms with Gasteiger partial charge in [-0.15, -0.1) is 0 Å². The van der Waals surface area contributed by atoms with E-state index < -0.39 is 10.0 Å². The fourth-order valence-corrected chi connectivity index (χ4v) is 4.35. The van der Waals surface area contributed by atoms with E-state index in [1.54, 1.807) is 19.1 Å². The second-order valence-electron chi connectivity index (χ2n) is 7.58. The summed E-state index contributed by atoms with van der Waals surface area (Å²) in [6, 6.07) is 10.3. The maximum Gasteiger partial charge on any atom is 0.249 e. The number of hydrogen-bond donors (Lipinski definition) is 1. The summed E-state index contributed by atoms with van der Waals surface area (Å²) in [7, 11) is -3.22. The molecule has 3 aromatic rings. The Balaban J connectivity index is 1.53. The van der Waals surface area contributed by atoms with Crippen LogP contribution >= 0.6 is 0 Å². The van der Waals surface area contributed by atoms with Crippen molar-refractivity contribution in [1.82, 2.24) is 14.4 Å². The molecule has 1 aliphatic rings. The van der Waals surface area contributed by atoms with Gasteiger partial charge in [0.1, 0.15) is 11.9 Å². The summed E-state index contributed by atoms with van der Waals surface area (Å²) in [6.45, 7) is 4.41. The second-order valence-corrected chi connectivity index (χ2v) is 9.56. The van der Waals surface area contributed by atoms with Crippen LogP contribution in [0.15, 0.2) is 40.9 Å². The van der Waals surface area contributed by atoms with Crippen LogP contribution in [0.1, 0.15) is 35.5 Å². The van der Waals surface area contributed by atoms with Crippen LogP contribution in [0.2, 0.25) is 0 Å². The Bertz CT molecular complexity index is 1190. The van der Waals surface area contributed by atoms with Crippen molar-refractivity contribution in [3.05, 3.63) is 64.8 Å². The highest BCUT2D eigenvalue weighted by Crippen LogP contribution is 2.30.